The molecule has 0 N–H and O–H groups in total. The zero-order valence-electron chi connectivity index (χ0n) is 13.5. The molecular weight excluding hydrogens is 349 g/mol. The van der Waals surface area contributed by atoms with Crippen molar-refractivity contribution >= 4 is 17.6 Å². The lowest BCUT2D eigenvalue weighted by atomic mass is 10.1. The van der Waals surface area contributed by atoms with E-state index in [0.717, 1.165) is 29.5 Å². The van der Waals surface area contributed by atoms with Crippen LogP contribution in [0.15, 0.2) is 16.9 Å². The van der Waals surface area contributed by atoms with Crippen molar-refractivity contribution in [3.8, 4) is 11.8 Å². The summed E-state index contributed by atoms with van der Waals surface area (Å²) in [4.78, 5) is 24.7. The van der Waals surface area contributed by atoms with Crippen LogP contribution in [0, 0.1) is 17.1 Å². The minimum Gasteiger partial charge on any atom is -0.462 e. The second kappa shape index (κ2) is 6.73. The summed E-state index contributed by atoms with van der Waals surface area (Å²) in [5, 5.41) is 9.38. The number of imidazole rings is 1. The number of fused-ring (bicyclic) bond motifs is 1. The largest absolute Gasteiger partial charge is 0.462 e. The van der Waals surface area contributed by atoms with E-state index in [1.54, 1.807) is 6.92 Å². The van der Waals surface area contributed by atoms with E-state index in [9.17, 15) is 19.2 Å². The van der Waals surface area contributed by atoms with Crippen LogP contribution in [0.2, 0.25) is 5.02 Å². The van der Waals surface area contributed by atoms with Gasteiger partial charge < -0.3 is 4.74 Å². The molecule has 1 aliphatic heterocycles. The van der Waals surface area contributed by atoms with E-state index in [4.69, 9.17) is 16.3 Å². The fourth-order valence-electron chi connectivity index (χ4n) is 3.05. The molecule has 1 aromatic carbocycles. The van der Waals surface area contributed by atoms with Gasteiger partial charge in [0.15, 0.2) is 0 Å². The molecular formula is C17H15ClFN3O3. The summed E-state index contributed by atoms with van der Waals surface area (Å²) in [6, 6.07) is 4.09. The minimum atomic E-state index is -0.792. The Balaban J connectivity index is 2.26. The summed E-state index contributed by atoms with van der Waals surface area (Å²) < 4.78 is 21.9. The standard InChI is InChI=1S/C17H15ClFN3O3/c1-2-25-16(23)10-7-14(12(19)8-11(10)18)22-15(9-20)13-5-3-4-6-21(13)17(22)24/h7-8H,2-6H2,1H3. The molecule has 0 spiro atoms. The number of nitrogens with zero attached hydrogens (tertiary/aromatic N) is 3. The summed E-state index contributed by atoms with van der Waals surface area (Å²) in [5.41, 5.74) is -0.0652. The van der Waals surface area contributed by atoms with Crippen molar-refractivity contribution in [2.75, 3.05) is 6.61 Å². The Labute approximate surface area is 148 Å². The third-order valence-corrected chi connectivity index (χ3v) is 4.48. The van der Waals surface area contributed by atoms with Crippen LogP contribution < -0.4 is 5.69 Å². The molecule has 1 aromatic heterocycles. The Morgan fingerprint density at radius 3 is 2.88 bits per heavy atom. The number of hydrogen-bond donors (Lipinski definition) is 0. The van der Waals surface area contributed by atoms with E-state index in [1.807, 2.05) is 6.07 Å². The first-order valence-electron chi connectivity index (χ1n) is 7.90. The highest BCUT2D eigenvalue weighted by molar-refractivity contribution is 6.33. The molecule has 0 saturated heterocycles. The molecule has 0 atom stereocenters. The molecule has 2 heterocycles. The van der Waals surface area contributed by atoms with Gasteiger partial charge in [0.2, 0.25) is 0 Å². The number of nitriles is 1. The molecule has 6 nitrogen and oxygen atoms in total. The summed E-state index contributed by atoms with van der Waals surface area (Å²) in [6.07, 6.45) is 2.25. The summed E-state index contributed by atoms with van der Waals surface area (Å²) in [5.74, 6) is -1.51. The second-order valence-electron chi connectivity index (χ2n) is 5.64. The molecule has 25 heavy (non-hydrogen) atoms. The molecule has 0 saturated carbocycles. The molecule has 8 heteroatoms. The van der Waals surface area contributed by atoms with Gasteiger partial charge in [0, 0.05) is 6.54 Å². The van der Waals surface area contributed by atoms with Gasteiger partial charge in [-0.2, -0.15) is 5.26 Å². The number of hydrogen-bond acceptors (Lipinski definition) is 4. The lowest BCUT2D eigenvalue weighted by molar-refractivity contribution is 0.0526. The highest BCUT2D eigenvalue weighted by Crippen LogP contribution is 2.26. The van der Waals surface area contributed by atoms with Gasteiger partial charge in [-0.3, -0.25) is 4.57 Å². The van der Waals surface area contributed by atoms with Crippen molar-refractivity contribution in [3.05, 3.63) is 50.4 Å². The van der Waals surface area contributed by atoms with Gasteiger partial charge in [0.1, 0.15) is 17.6 Å². The van der Waals surface area contributed by atoms with Crippen molar-refractivity contribution in [2.24, 2.45) is 0 Å². The number of benzene rings is 1. The highest BCUT2D eigenvalue weighted by Gasteiger charge is 2.26. The quantitative estimate of drug-likeness (QED) is 0.786. The zero-order chi connectivity index (χ0) is 18.1. The van der Waals surface area contributed by atoms with Crippen LogP contribution in [0.5, 0.6) is 0 Å². The van der Waals surface area contributed by atoms with E-state index >= 15 is 0 Å². The SMILES string of the molecule is CCOC(=O)c1cc(-n2c(C#N)c3n(c2=O)CCCC3)c(F)cc1Cl. The first-order chi connectivity index (χ1) is 12.0. The van der Waals surface area contributed by atoms with E-state index in [0.29, 0.717) is 18.7 Å². The Hall–Kier alpha value is -2.59. The van der Waals surface area contributed by atoms with Crippen LogP contribution in [0.1, 0.15) is 41.5 Å². The maximum Gasteiger partial charge on any atom is 0.339 e. The third-order valence-electron chi connectivity index (χ3n) is 4.17. The highest BCUT2D eigenvalue weighted by atomic mass is 35.5. The first-order valence-corrected chi connectivity index (χ1v) is 8.28. The predicted octanol–water partition coefficient (Wildman–Crippen LogP) is 2.82. The average Bonchev–Trinajstić information content (AvgIpc) is 2.87. The molecule has 2 aromatic rings. The van der Waals surface area contributed by atoms with Gasteiger partial charge in [-0.1, -0.05) is 11.6 Å². The number of carbonyl (C=O) groups is 1. The fraction of sp³-hybridized carbons (Fsp3) is 0.353. The van der Waals surface area contributed by atoms with Crippen LogP contribution in [0.3, 0.4) is 0 Å². The third kappa shape index (κ3) is 2.83. The number of ether oxygens (including phenoxy) is 1. The molecule has 0 amide bonds. The van der Waals surface area contributed by atoms with Crippen LogP contribution in [0.25, 0.3) is 5.69 Å². The predicted molar refractivity (Wildman–Crippen MR) is 88.6 cm³/mol. The Bertz CT molecular complexity index is 956. The number of esters is 1. The van der Waals surface area contributed by atoms with Crippen molar-refractivity contribution in [2.45, 2.75) is 32.7 Å². The number of carbonyl (C=O) groups excluding carboxylic acids is 1. The molecule has 0 aliphatic carbocycles. The Kier molecular flexibility index (Phi) is 4.64. The lowest BCUT2D eigenvalue weighted by Crippen LogP contribution is -2.26. The molecule has 0 unspecified atom stereocenters. The van der Waals surface area contributed by atoms with Gasteiger partial charge in [-0.05, 0) is 38.3 Å². The van der Waals surface area contributed by atoms with Gasteiger partial charge in [0.05, 0.1) is 28.6 Å². The maximum absolute atomic E-state index is 14.5. The number of halogens is 2. The van der Waals surface area contributed by atoms with Gasteiger partial charge in [0.25, 0.3) is 0 Å². The van der Waals surface area contributed by atoms with Crippen LogP contribution in [-0.4, -0.2) is 21.7 Å². The van der Waals surface area contributed by atoms with E-state index < -0.39 is 17.5 Å². The average molecular weight is 364 g/mol. The second-order valence-corrected chi connectivity index (χ2v) is 6.04. The molecule has 0 bridgehead atoms. The van der Waals surface area contributed by atoms with Gasteiger partial charge >= 0.3 is 11.7 Å². The Morgan fingerprint density at radius 1 is 1.44 bits per heavy atom. The summed E-state index contributed by atoms with van der Waals surface area (Å²) >= 11 is 5.94. The maximum atomic E-state index is 14.5. The molecule has 0 radical (unpaired) electrons. The molecule has 130 valence electrons. The van der Waals surface area contributed by atoms with Crippen LogP contribution in [0.4, 0.5) is 4.39 Å². The van der Waals surface area contributed by atoms with Crippen LogP contribution in [-0.2, 0) is 17.7 Å². The van der Waals surface area contributed by atoms with E-state index in [-0.39, 0.29) is 28.6 Å². The zero-order valence-corrected chi connectivity index (χ0v) is 14.3. The molecule has 0 fully saturated rings. The van der Waals surface area contributed by atoms with Gasteiger partial charge in [-0.25, -0.2) is 18.5 Å². The normalized spacial score (nSPS) is 13.2. The fourth-order valence-corrected chi connectivity index (χ4v) is 3.27. The first kappa shape index (κ1) is 17.2. The number of rotatable bonds is 3. The van der Waals surface area contributed by atoms with Crippen molar-refractivity contribution in [1.82, 2.24) is 9.13 Å². The Morgan fingerprint density at radius 2 is 2.20 bits per heavy atom. The topological polar surface area (TPSA) is 77.0 Å². The smallest absolute Gasteiger partial charge is 0.339 e. The molecule has 3 rings (SSSR count). The van der Waals surface area contributed by atoms with E-state index in [2.05, 4.69) is 0 Å². The summed E-state index contributed by atoms with van der Waals surface area (Å²) in [7, 11) is 0. The molecule has 1 aliphatic rings. The van der Waals surface area contributed by atoms with E-state index in [1.165, 1.54) is 4.57 Å². The van der Waals surface area contributed by atoms with Crippen molar-refractivity contribution in [3.63, 3.8) is 0 Å². The van der Waals surface area contributed by atoms with Crippen molar-refractivity contribution < 1.29 is 13.9 Å². The monoisotopic (exact) mass is 363 g/mol. The van der Waals surface area contributed by atoms with Gasteiger partial charge in [-0.15, -0.1) is 0 Å². The number of aromatic nitrogens is 2. The van der Waals surface area contributed by atoms with Crippen molar-refractivity contribution in [1.29, 1.82) is 5.26 Å². The summed E-state index contributed by atoms with van der Waals surface area (Å²) in [6.45, 7) is 2.25. The van der Waals surface area contributed by atoms with Crippen LogP contribution >= 0.6 is 11.6 Å². The lowest BCUT2D eigenvalue weighted by Gasteiger charge is -2.12. The minimum absolute atomic E-state index is 0.0557.